The molecule has 8 nitrogen and oxygen atoms in total. The third kappa shape index (κ3) is 3.04. The molecule has 1 fully saturated rings. The van der Waals surface area contributed by atoms with Gasteiger partial charge in [-0.15, -0.1) is 0 Å². The zero-order valence-corrected chi connectivity index (χ0v) is 17.7. The topological polar surface area (TPSA) is 120 Å². The fourth-order valence-electron chi connectivity index (χ4n) is 4.67. The number of nitrogens with one attached hydrogen (secondary N) is 4. The Morgan fingerprint density at radius 1 is 1.17 bits per heavy atom. The summed E-state index contributed by atoms with van der Waals surface area (Å²) in [6.45, 7) is 0.516. The second-order valence-electron chi connectivity index (χ2n) is 8.29. The molecule has 1 amide bonds. The highest BCUT2D eigenvalue weighted by Crippen LogP contribution is 2.41. The largest absolute Gasteiger partial charge is 0.348 e. The number of hydrogen-bond donors (Lipinski definition) is 4. The summed E-state index contributed by atoms with van der Waals surface area (Å²) in [5, 5.41) is 7.24. The molecular formula is C21H25N7OS. The highest BCUT2D eigenvalue weighted by molar-refractivity contribution is 7.92. The third-order valence-corrected chi connectivity index (χ3v) is 7.38. The van der Waals surface area contributed by atoms with Crippen molar-refractivity contribution in [3.8, 4) is 0 Å². The van der Waals surface area contributed by atoms with E-state index in [1.165, 1.54) is 6.42 Å². The predicted molar refractivity (Wildman–Crippen MR) is 117 cm³/mol. The third-order valence-electron chi connectivity index (χ3n) is 6.16. The van der Waals surface area contributed by atoms with Crippen molar-refractivity contribution in [1.29, 1.82) is 9.56 Å². The first-order chi connectivity index (χ1) is 14.4. The molecule has 0 bridgehead atoms. The van der Waals surface area contributed by atoms with E-state index < -0.39 is 15.2 Å². The number of rotatable bonds is 3. The van der Waals surface area contributed by atoms with Crippen molar-refractivity contribution in [3.05, 3.63) is 42.2 Å². The van der Waals surface area contributed by atoms with Gasteiger partial charge in [-0.25, -0.2) is 4.98 Å². The number of anilines is 2. The lowest BCUT2D eigenvalue weighted by atomic mass is 9.79. The van der Waals surface area contributed by atoms with Gasteiger partial charge in [0.2, 0.25) is 11.9 Å². The van der Waals surface area contributed by atoms with Crippen molar-refractivity contribution in [2.45, 2.75) is 49.1 Å². The quantitative estimate of drug-likeness (QED) is 0.506. The Hall–Kier alpha value is -2.94. The van der Waals surface area contributed by atoms with Crippen LogP contribution in [0.15, 0.2) is 41.4 Å². The molecule has 3 heterocycles. The van der Waals surface area contributed by atoms with Gasteiger partial charge in [0.05, 0.1) is 6.54 Å². The number of benzene rings is 1. The summed E-state index contributed by atoms with van der Waals surface area (Å²) in [4.78, 5) is 22.9. The first-order valence-electron chi connectivity index (χ1n) is 10.2. The predicted octanol–water partition coefficient (Wildman–Crippen LogP) is 4.13. The van der Waals surface area contributed by atoms with Gasteiger partial charge in [-0.1, -0.05) is 19.3 Å². The van der Waals surface area contributed by atoms with Gasteiger partial charge < -0.3 is 15.2 Å². The van der Waals surface area contributed by atoms with Crippen LogP contribution in [0.25, 0.3) is 11.0 Å². The second kappa shape index (κ2) is 6.80. The van der Waals surface area contributed by atoms with Crippen LogP contribution >= 0.6 is 0 Å². The molecule has 0 saturated heterocycles. The number of aromatic nitrogens is 3. The zero-order chi connectivity index (χ0) is 20.9. The molecule has 156 valence electrons. The van der Waals surface area contributed by atoms with Crippen LogP contribution in [0.3, 0.4) is 0 Å². The summed E-state index contributed by atoms with van der Waals surface area (Å²) in [5.41, 5.74) is 2.13. The summed E-state index contributed by atoms with van der Waals surface area (Å²) >= 11 is 0. The second-order valence-corrected chi connectivity index (χ2v) is 10.6. The van der Waals surface area contributed by atoms with Gasteiger partial charge in [-0.2, -0.15) is 4.98 Å². The Morgan fingerprint density at radius 2 is 1.90 bits per heavy atom. The number of hydrogen-bond acceptors (Lipinski definition) is 6. The number of carbonyl (C=O) groups is 1. The lowest BCUT2D eigenvalue weighted by molar-refractivity contribution is -0.133. The molecule has 9 heteroatoms. The molecular weight excluding hydrogens is 398 g/mol. The summed E-state index contributed by atoms with van der Waals surface area (Å²) in [5.74, 6) is 0.576. The van der Waals surface area contributed by atoms with Crippen molar-refractivity contribution in [3.63, 3.8) is 0 Å². The van der Waals surface area contributed by atoms with E-state index in [1.54, 1.807) is 24.6 Å². The van der Waals surface area contributed by atoms with Crippen LogP contribution in [0.1, 0.15) is 37.8 Å². The number of carbonyl (C=O) groups excluding carboxylic acids is 1. The lowest BCUT2D eigenvalue weighted by Gasteiger charge is -2.41. The Balaban J connectivity index is 1.54. The zero-order valence-electron chi connectivity index (χ0n) is 16.9. The molecule has 1 aliphatic carbocycles. The fourth-order valence-corrected chi connectivity index (χ4v) is 5.36. The summed E-state index contributed by atoms with van der Waals surface area (Å²) < 4.78 is 18.0. The van der Waals surface area contributed by atoms with Gasteiger partial charge in [0.25, 0.3) is 0 Å². The maximum absolute atomic E-state index is 12.9. The van der Waals surface area contributed by atoms with E-state index in [1.807, 2.05) is 12.1 Å². The summed E-state index contributed by atoms with van der Waals surface area (Å²) in [6, 6.07) is 9.38. The molecule has 1 aliphatic heterocycles. The van der Waals surface area contributed by atoms with Crippen molar-refractivity contribution < 1.29 is 4.79 Å². The van der Waals surface area contributed by atoms with E-state index >= 15 is 0 Å². The van der Waals surface area contributed by atoms with E-state index in [4.69, 9.17) is 14.5 Å². The first-order valence-corrected chi connectivity index (χ1v) is 12.2. The fraction of sp³-hybridized carbons (Fsp3) is 0.381. The molecule has 0 radical (unpaired) electrons. The number of amides is 1. The molecule has 30 heavy (non-hydrogen) atoms. The maximum Gasteiger partial charge on any atom is 0.246 e. The van der Waals surface area contributed by atoms with Gasteiger partial charge in [-0.05, 0) is 52.8 Å². The van der Waals surface area contributed by atoms with Crippen molar-refractivity contribution in [2.75, 3.05) is 11.6 Å². The minimum absolute atomic E-state index is 0.104. The van der Waals surface area contributed by atoms with Gasteiger partial charge in [0, 0.05) is 34.1 Å². The van der Waals surface area contributed by atoms with Gasteiger partial charge in [-0.3, -0.25) is 14.4 Å². The molecule has 5 rings (SSSR count). The highest BCUT2D eigenvalue weighted by Gasteiger charge is 2.45. The molecule has 0 atom stereocenters. The van der Waals surface area contributed by atoms with E-state index in [0.29, 0.717) is 17.4 Å². The minimum atomic E-state index is -2.25. The Bertz CT molecular complexity index is 1240. The molecule has 2 aliphatic rings. The SMILES string of the molecule is CS(=N)(=N)c1ccc(Nc2ncc3cc4n(c3n2)C2(CCCCC2)C(=O)NC4)cc1. The standard InChI is InChI=1S/C21H25N7OS/c1-30(22,23)17-7-5-15(6-8-17)26-20-25-12-14-11-16-13-24-19(29)21(9-3-2-4-10-21)28(16)18(14)27-20/h5-8,11-12,22-23H,2-4,9-10,13H2,1H3,(H,24,29)(H,25,26,27). The van der Waals surface area contributed by atoms with E-state index in [9.17, 15) is 4.79 Å². The lowest BCUT2D eigenvalue weighted by Crippen LogP contribution is -2.54. The molecule has 1 spiro atoms. The molecule has 1 saturated carbocycles. The van der Waals surface area contributed by atoms with E-state index in [0.717, 1.165) is 48.1 Å². The van der Waals surface area contributed by atoms with E-state index in [-0.39, 0.29) is 5.91 Å². The minimum Gasteiger partial charge on any atom is -0.348 e. The highest BCUT2D eigenvalue weighted by atomic mass is 32.2. The monoisotopic (exact) mass is 423 g/mol. The summed E-state index contributed by atoms with van der Waals surface area (Å²) in [6.07, 6.45) is 8.36. The first kappa shape index (κ1) is 19.0. The molecule has 0 unspecified atom stereocenters. The van der Waals surface area contributed by atoms with Crippen LogP contribution in [-0.2, 0) is 26.5 Å². The van der Waals surface area contributed by atoms with Gasteiger partial charge in [0.15, 0.2) is 0 Å². The smallest absolute Gasteiger partial charge is 0.246 e. The van der Waals surface area contributed by atoms with Crippen LogP contribution in [-0.4, -0.2) is 26.7 Å². The van der Waals surface area contributed by atoms with Gasteiger partial charge >= 0.3 is 0 Å². The molecule has 1 aromatic carbocycles. The van der Waals surface area contributed by atoms with Crippen molar-refractivity contribution in [1.82, 2.24) is 19.9 Å². The van der Waals surface area contributed by atoms with Crippen LogP contribution in [0.5, 0.6) is 0 Å². The Kier molecular flexibility index (Phi) is 4.32. The number of fused-ring (bicyclic) bond motifs is 4. The molecule has 3 aromatic rings. The Morgan fingerprint density at radius 3 is 2.60 bits per heavy atom. The van der Waals surface area contributed by atoms with Crippen LogP contribution in [0.2, 0.25) is 0 Å². The average Bonchev–Trinajstić information content (AvgIpc) is 3.10. The Labute approximate surface area is 175 Å². The van der Waals surface area contributed by atoms with Gasteiger partial charge in [0.1, 0.15) is 11.2 Å². The van der Waals surface area contributed by atoms with Crippen LogP contribution < -0.4 is 10.6 Å². The van der Waals surface area contributed by atoms with Crippen molar-refractivity contribution >= 4 is 38.2 Å². The summed E-state index contributed by atoms with van der Waals surface area (Å²) in [7, 11) is -2.25. The molecule has 2 aromatic heterocycles. The molecule has 4 N–H and O–H groups in total. The van der Waals surface area contributed by atoms with Crippen LogP contribution in [0.4, 0.5) is 11.6 Å². The van der Waals surface area contributed by atoms with E-state index in [2.05, 4.69) is 26.3 Å². The maximum atomic E-state index is 12.9. The normalized spacial score (nSPS) is 18.2. The number of nitrogens with zero attached hydrogens (tertiary/aromatic N) is 3. The van der Waals surface area contributed by atoms with Crippen molar-refractivity contribution in [2.24, 2.45) is 0 Å². The van der Waals surface area contributed by atoms with Crippen LogP contribution in [0, 0.1) is 9.56 Å². The average molecular weight is 424 g/mol.